The summed E-state index contributed by atoms with van der Waals surface area (Å²) in [5.74, 6) is 0.783. The lowest BCUT2D eigenvalue weighted by atomic mass is 9.96. The highest BCUT2D eigenvalue weighted by Crippen LogP contribution is 2.34. The predicted octanol–water partition coefficient (Wildman–Crippen LogP) is 5.01. The number of halogens is 2. The third kappa shape index (κ3) is 5.54. The van der Waals surface area contributed by atoms with Gasteiger partial charge in [0.1, 0.15) is 11.5 Å². The second-order valence-corrected chi connectivity index (χ2v) is 10.3. The van der Waals surface area contributed by atoms with Crippen LogP contribution in [0.25, 0.3) is 6.08 Å². The van der Waals surface area contributed by atoms with Gasteiger partial charge in [-0.05, 0) is 79.5 Å². The molecule has 1 atom stereocenters. The minimum atomic E-state index is -0.703. The Kier molecular flexibility index (Phi) is 8.56. The summed E-state index contributed by atoms with van der Waals surface area (Å²) in [6.07, 6.45) is 1.74. The fraction of sp³-hybridized carbons (Fsp3) is 0.296. The van der Waals surface area contributed by atoms with E-state index >= 15 is 0 Å². The first kappa shape index (κ1) is 27.2. The van der Waals surface area contributed by atoms with E-state index in [1.165, 1.54) is 11.3 Å². The highest BCUT2D eigenvalue weighted by atomic mass is 79.9. The second-order valence-electron chi connectivity index (χ2n) is 8.04. The van der Waals surface area contributed by atoms with Crippen LogP contribution >= 0.6 is 38.9 Å². The highest BCUT2D eigenvalue weighted by Gasteiger charge is 2.33. The van der Waals surface area contributed by atoms with Crippen LogP contribution in [0.3, 0.4) is 0 Å². The molecule has 1 aliphatic rings. The SMILES string of the molecule is CCOC(=O)C1=C(C)N=c2s/c(=C\c3cc(Cl)cc(Br)c3OCC)c(=O)n2[C@H]1c1ccc(OCC)cc1. The van der Waals surface area contributed by atoms with Crippen LogP contribution in [0.4, 0.5) is 0 Å². The number of fused-ring (bicyclic) bond motifs is 1. The number of hydrogen-bond donors (Lipinski definition) is 0. The summed E-state index contributed by atoms with van der Waals surface area (Å²) in [7, 11) is 0. The Morgan fingerprint density at radius 2 is 1.84 bits per heavy atom. The molecule has 7 nitrogen and oxygen atoms in total. The van der Waals surface area contributed by atoms with Crippen molar-refractivity contribution < 1.29 is 19.0 Å². The molecule has 0 saturated carbocycles. The number of allylic oxidation sites excluding steroid dienone is 1. The number of esters is 1. The standard InChI is InChI=1S/C27H26BrClN2O5S/c1-5-34-19-10-8-16(9-11-19)23-22(26(33)36-7-3)15(4)30-27-31(23)25(32)21(37-27)13-17-12-18(29)14-20(28)24(17)35-6-2/h8-14,23H,5-7H2,1-4H3/b21-13-/t23-/m0/s1. The molecule has 4 rings (SSSR count). The smallest absolute Gasteiger partial charge is 0.338 e. The van der Waals surface area contributed by atoms with Crippen molar-refractivity contribution >= 4 is 50.9 Å². The first-order valence-corrected chi connectivity index (χ1v) is 13.8. The molecule has 0 aliphatic carbocycles. The molecule has 10 heteroatoms. The minimum Gasteiger partial charge on any atom is -0.494 e. The molecule has 0 spiro atoms. The lowest BCUT2D eigenvalue weighted by Crippen LogP contribution is -2.39. The first-order chi connectivity index (χ1) is 17.8. The topological polar surface area (TPSA) is 79.1 Å². The van der Waals surface area contributed by atoms with Crippen molar-refractivity contribution in [3.63, 3.8) is 0 Å². The molecule has 0 amide bonds. The van der Waals surface area contributed by atoms with Crippen molar-refractivity contribution in [1.29, 1.82) is 0 Å². The number of benzene rings is 2. The minimum absolute atomic E-state index is 0.208. The quantitative estimate of drug-likeness (QED) is 0.337. The van der Waals surface area contributed by atoms with Crippen molar-refractivity contribution in [3.05, 3.63) is 88.0 Å². The summed E-state index contributed by atoms with van der Waals surface area (Å²) < 4.78 is 19.4. The zero-order valence-electron chi connectivity index (χ0n) is 20.8. The van der Waals surface area contributed by atoms with E-state index in [4.69, 9.17) is 25.8 Å². The van der Waals surface area contributed by atoms with Crippen LogP contribution in [-0.4, -0.2) is 30.4 Å². The monoisotopic (exact) mass is 604 g/mol. The van der Waals surface area contributed by atoms with Gasteiger partial charge in [0.25, 0.3) is 5.56 Å². The summed E-state index contributed by atoms with van der Waals surface area (Å²) >= 11 is 11.0. The average molecular weight is 606 g/mol. The fourth-order valence-electron chi connectivity index (χ4n) is 4.15. The van der Waals surface area contributed by atoms with Gasteiger partial charge in [-0.1, -0.05) is 35.1 Å². The van der Waals surface area contributed by atoms with Gasteiger partial charge >= 0.3 is 5.97 Å². The maximum Gasteiger partial charge on any atom is 0.338 e. The molecule has 2 heterocycles. The van der Waals surface area contributed by atoms with E-state index in [9.17, 15) is 9.59 Å². The predicted molar refractivity (Wildman–Crippen MR) is 148 cm³/mol. The van der Waals surface area contributed by atoms with Gasteiger partial charge in [-0.2, -0.15) is 0 Å². The Bertz CT molecular complexity index is 1540. The molecule has 0 bridgehead atoms. The Hall–Kier alpha value is -2.88. The first-order valence-electron chi connectivity index (χ1n) is 11.8. The van der Waals surface area contributed by atoms with Crippen LogP contribution < -0.4 is 24.4 Å². The summed E-state index contributed by atoms with van der Waals surface area (Å²) in [4.78, 5) is 32.0. The molecular weight excluding hydrogens is 580 g/mol. The van der Waals surface area contributed by atoms with E-state index < -0.39 is 12.0 Å². The average Bonchev–Trinajstić information content (AvgIpc) is 3.15. The Morgan fingerprint density at radius 3 is 2.49 bits per heavy atom. The molecule has 0 radical (unpaired) electrons. The van der Waals surface area contributed by atoms with Crippen LogP contribution in [0.5, 0.6) is 11.5 Å². The molecule has 194 valence electrons. The van der Waals surface area contributed by atoms with Crippen molar-refractivity contribution in [3.8, 4) is 11.5 Å². The van der Waals surface area contributed by atoms with E-state index in [-0.39, 0.29) is 12.2 Å². The molecule has 0 unspecified atom stereocenters. The number of carbonyl (C=O) groups is 1. The van der Waals surface area contributed by atoms with Gasteiger partial charge in [0.15, 0.2) is 4.80 Å². The molecule has 37 heavy (non-hydrogen) atoms. The third-order valence-electron chi connectivity index (χ3n) is 5.64. The summed E-state index contributed by atoms with van der Waals surface area (Å²) in [6, 6.07) is 10.1. The van der Waals surface area contributed by atoms with Gasteiger partial charge in [0.05, 0.1) is 46.1 Å². The van der Waals surface area contributed by atoms with Crippen LogP contribution in [0.2, 0.25) is 5.02 Å². The van der Waals surface area contributed by atoms with E-state index in [1.807, 2.05) is 38.1 Å². The zero-order valence-corrected chi connectivity index (χ0v) is 24.0. The maximum atomic E-state index is 13.8. The van der Waals surface area contributed by atoms with Crippen molar-refractivity contribution in [2.75, 3.05) is 19.8 Å². The lowest BCUT2D eigenvalue weighted by molar-refractivity contribution is -0.139. The molecule has 3 aromatic rings. The van der Waals surface area contributed by atoms with E-state index in [2.05, 4.69) is 20.9 Å². The van der Waals surface area contributed by atoms with Crippen LogP contribution in [0.1, 0.15) is 44.9 Å². The fourth-order valence-corrected chi connectivity index (χ4v) is 6.13. The summed E-state index contributed by atoms with van der Waals surface area (Å²) in [5, 5.41) is 0.502. The zero-order chi connectivity index (χ0) is 26.7. The van der Waals surface area contributed by atoms with Crippen LogP contribution in [0, 0.1) is 0 Å². The Balaban J connectivity index is 1.94. The number of hydrogen-bond acceptors (Lipinski definition) is 7. The van der Waals surface area contributed by atoms with Gasteiger partial charge in [0.2, 0.25) is 0 Å². The van der Waals surface area contributed by atoms with Gasteiger partial charge in [0, 0.05) is 10.6 Å². The van der Waals surface area contributed by atoms with Crippen molar-refractivity contribution in [2.45, 2.75) is 33.7 Å². The van der Waals surface area contributed by atoms with Crippen LogP contribution in [-0.2, 0) is 9.53 Å². The normalized spacial score (nSPS) is 15.3. The molecule has 2 aromatic carbocycles. The second kappa shape index (κ2) is 11.7. The molecule has 1 aliphatic heterocycles. The number of ether oxygens (including phenoxy) is 3. The molecular formula is C27H26BrClN2O5S. The number of thiazole rings is 1. The van der Waals surface area contributed by atoms with Crippen molar-refractivity contribution in [2.24, 2.45) is 4.99 Å². The Morgan fingerprint density at radius 1 is 1.14 bits per heavy atom. The largest absolute Gasteiger partial charge is 0.494 e. The molecule has 0 fully saturated rings. The van der Waals surface area contributed by atoms with Gasteiger partial charge < -0.3 is 14.2 Å². The van der Waals surface area contributed by atoms with Gasteiger partial charge in [-0.25, -0.2) is 9.79 Å². The number of nitrogens with zero attached hydrogens (tertiary/aromatic N) is 2. The van der Waals surface area contributed by atoms with E-state index in [0.717, 1.165) is 5.56 Å². The third-order valence-corrected chi connectivity index (χ3v) is 7.43. The van der Waals surface area contributed by atoms with Gasteiger partial charge in [-0.3, -0.25) is 9.36 Å². The number of rotatable bonds is 8. The Labute approximate surface area is 231 Å². The summed E-state index contributed by atoms with van der Waals surface area (Å²) in [6.45, 7) is 8.48. The summed E-state index contributed by atoms with van der Waals surface area (Å²) in [5.41, 5.74) is 1.95. The highest BCUT2D eigenvalue weighted by molar-refractivity contribution is 9.10. The van der Waals surface area contributed by atoms with E-state index in [0.29, 0.717) is 60.4 Å². The van der Waals surface area contributed by atoms with Crippen molar-refractivity contribution in [1.82, 2.24) is 4.57 Å². The van der Waals surface area contributed by atoms with Gasteiger partial charge in [-0.15, -0.1) is 0 Å². The maximum absolute atomic E-state index is 13.8. The molecule has 1 aromatic heterocycles. The molecule has 0 N–H and O–H groups in total. The lowest BCUT2D eigenvalue weighted by Gasteiger charge is -2.24. The number of carbonyl (C=O) groups excluding carboxylic acids is 1. The van der Waals surface area contributed by atoms with E-state index in [1.54, 1.807) is 36.6 Å². The number of aromatic nitrogens is 1. The molecule has 0 saturated heterocycles. The van der Waals surface area contributed by atoms with Crippen LogP contribution in [0.15, 0.2) is 61.9 Å².